The molecule has 2 aromatic rings. The van der Waals surface area contributed by atoms with E-state index < -0.39 is 51.9 Å². The largest absolute Gasteiger partial charge is 0.404 e. The molecule has 0 saturated heterocycles. The standard InChI is InChI=1S/C10H3BrF5N3O2/c11-4-2-18(17-10(4)19(20)21)1-3-5(12)7(14)9(16)8(15)6(3)13/h2H,1H2. The van der Waals surface area contributed by atoms with Gasteiger partial charge < -0.3 is 10.1 Å². The van der Waals surface area contributed by atoms with Crippen molar-refractivity contribution in [3.05, 3.63) is 55.4 Å². The SMILES string of the molecule is O=[N+]([O-])c1nn(Cc2c(F)c(F)c(F)c(F)c2F)cc1Br. The van der Waals surface area contributed by atoms with Crippen LogP contribution in [-0.2, 0) is 6.54 Å². The van der Waals surface area contributed by atoms with Crippen LogP contribution in [0.2, 0.25) is 0 Å². The van der Waals surface area contributed by atoms with Gasteiger partial charge in [0, 0.05) is 0 Å². The molecule has 0 aliphatic carbocycles. The molecule has 0 bridgehead atoms. The Hall–Kier alpha value is -2.04. The lowest BCUT2D eigenvalue weighted by Gasteiger charge is -2.06. The van der Waals surface area contributed by atoms with E-state index in [1.807, 2.05) is 0 Å². The summed E-state index contributed by atoms with van der Waals surface area (Å²) >= 11 is 2.79. The summed E-state index contributed by atoms with van der Waals surface area (Å²) in [5.41, 5.74) is -1.14. The number of benzene rings is 1. The maximum Gasteiger partial charge on any atom is 0.404 e. The zero-order chi connectivity index (χ0) is 15.9. The molecule has 0 radical (unpaired) electrons. The highest BCUT2D eigenvalue weighted by Crippen LogP contribution is 2.26. The molecule has 112 valence electrons. The van der Waals surface area contributed by atoms with Gasteiger partial charge in [0.1, 0.15) is 4.47 Å². The van der Waals surface area contributed by atoms with Crippen molar-refractivity contribution in [1.29, 1.82) is 0 Å². The van der Waals surface area contributed by atoms with Gasteiger partial charge in [-0.2, -0.15) is 4.68 Å². The fraction of sp³-hybridized carbons (Fsp3) is 0.100. The minimum atomic E-state index is -2.28. The Morgan fingerprint density at radius 1 is 1.10 bits per heavy atom. The van der Waals surface area contributed by atoms with E-state index in [0.29, 0.717) is 4.68 Å². The molecular formula is C10H3BrF5N3O2. The number of hydrogen-bond donors (Lipinski definition) is 0. The van der Waals surface area contributed by atoms with Crippen LogP contribution in [0.4, 0.5) is 27.8 Å². The monoisotopic (exact) mass is 371 g/mol. The molecule has 0 unspecified atom stereocenters. The normalized spacial score (nSPS) is 11.0. The number of aromatic nitrogens is 2. The molecule has 1 heterocycles. The van der Waals surface area contributed by atoms with Gasteiger partial charge in [-0.05, 0) is 20.9 Å². The number of hydrogen-bond acceptors (Lipinski definition) is 3. The lowest BCUT2D eigenvalue weighted by atomic mass is 10.1. The fourth-order valence-corrected chi connectivity index (χ4v) is 2.00. The highest BCUT2D eigenvalue weighted by atomic mass is 79.9. The first-order chi connectivity index (χ1) is 9.73. The number of halogens is 6. The predicted octanol–water partition coefficient (Wildman–Crippen LogP) is 3.30. The lowest BCUT2D eigenvalue weighted by Crippen LogP contribution is -2.11. The van der Waals surface area contributed by atoms with Gasteiger partial charge in [0.15, 0.2) is 23.3 Å². The minimum absolute atomic E-state index is 0.101. The summed E-state index contributed by atoms with van der Waals surface area (Å²) in [6.45, 7) is -0.863. The Morgan fingerprint density at radius 2 is 1.57 bits per heavy atom. The van der Waals surface area contributed by atoms with Crippen LogP contribution >= 0.6 is 15.9 Å². The van der Waals surface area contributed by atoms with Crippen molar-refractivity contribution in [2.45, 2.75) is 6.54 Å². The van der Waals surface area contributed by atoms with Crippen molar-refractivity contribution in [1.82, 2.24) is 9.78 Å². The number of rotatable bonds is 3. The van der Waals surface area contributed by atoms with Gasteiger partial charge in [-0.1, -0.05) is 0 Å². The molecule has 0 aliphatic rings. The van der Waals surface area contributed by atoms with E-state index in [-0.39, 0.29) is 4.47 Å². The van der Waals surface area contributed by atoms with E-state index in [1.165, 1.54) is 0 Å². The molecule has 1 aromatic carbocycles. The second kappa shape index (κ2) is 5.39. The minimum Gasteiger partial charge on any atom is -0.358 e. The molecule has 0 aliphatic heterocycles. The van der Waals surface area contributed by atoms with Crippen LogP contribution in [0.1, 0.15) is 5.56 Å². The fourth-order valence-electron chi connectivity index (χ4n) is 1.54. The third kappa shape index (κ3) is 2.60. The van der Waals surface area contributed by atoms with Gasteiger partial charge in [-0.15, -0.1) is 0 Å². The Bertz CT molecular complexity index is 720. The van der Waals surface area contributed by atoms with Crippen molar-refractivity contribution in [3.63, 3.8) is 0 Å². The molecule has 0 fully saturated rings. The van der Waals surface area contributed by atoms with Gasteiger partial charge in [-0.25, -0.2) is 22.0 Å². The first-order valence-electron chi connectivity index (χ1n) is 5.11. The first kappa shape index (κ1) is 15.4. The third-order valence-corrected chi connectivity index (χ3v) is 3.05. The molecule has 0 amide bonds. The van der Waals surface area contributed by atoms with Crippen LogP contribution in [0.15, 0.2) is 10.7 Å². The molecule has 21 heavy (non-hydrogen) atoms. The topological polar surface area (TPSA) is 61.0 Å². The molecule has 0 saturated carbocycles. The van der Waals surface area contributed by atoms with Gasteiger partial charge in [0.05, 0.1) is 23.4 Å². The van der Waals surface area contributed by atoms with Crippen molar-refractivity contribution >= 4 is 21.7 Å². The molecular weight excluding hydrogens is 369 g/mol. The highest BCUT2D eigenvalue weighted by molar-refractivity contribution is 9.10. The Morgan fingerprint density at radius 3 is 2.00 bits per heavy atom. The zero-order valence-electron chi connectivity index (χ0n) is 9.71. The van der Waals surface area contributed by atoms with Crippen LogP contribution in [0, 0.1) is 39.2 Å². The summed E-state index contributed by atoms with van der Waals surface area (Å²) in [6, 6.07) is 0. The van der Waals surface area contributed by atoms with E-state index in [0.717, 1.165) is 6.20 Å². The van der Waals surface area contributed by atoms with E-state index in [9.17, 15) is 32.1 Å². The molecule has 5 nitrogen and oxygen atoms in total. The maximum atomic E-state index is 13.4. The van der Waals surface area contributed by atoms with Crippen LogP contribution in [0.3, 0.4) is 0 Å². The summed E-state index contributed by atoms with van der Waals surface area (Å²) in [6.07, 6.45) is 0.982. The molecule has 0 N–H and O–H groups in total. The molecule has 1 aromatic heterocycles. The van der Waals surface area contributed by atoms with Gasteiger partial charge in [-0.3, -0.25) is 0 Å². The molecule has 11 heteroatoms. The molecule has 2 rings (SSSR count). The Kier molecular flexibility index (Phi) is 3.94. The van der Waals surface area contributed by atoms with Crippen LogP contribution in [0.25, 0.3) is 0 Å². The van der Waals surface area contributed by atoms with Crippen molar-refractivity contribution in [2.75, 3.05) is 0 Å². The molecule has 0 atom stereocenters. The smallest absolute Gasteiger partial charge is 0.358 e. The quantitative estimate of drug-likeness (QED) is 0.273. The van der Waals surface area contributed by atoms with E-state index >= 15 is 0 Å². The first-order valence-corrected chi connectivity index (χ1v) is 5.91. The summed E-state index contributed by atoms with van der Waals surface area (Å²) in [5, 5.41) is 13.9. The van der Waals surface area contributed by atoms with E-state index in [2.05, 4.69) is 21.0 Å². The van der Waals surface area contributed by atoms with Crippen molar-refractivity contribution < 1.29 is 26.9 Å². The van der Waals surface area contributed by atoms with Crippen molar-refractivity contribution in [2.24, 2.45) is 0 Å². The van der Waals surface area contributed by atoms with Crippen molar-refractivity contribution in [3.8, 4) is 0 Å². The van der Waals surface area contributed by atoms with Gasteiger partial charge >= 0.3 is 5.82 Å². The van der Waals surface area contributed by atoms with Crippen LogP contribution in [-0.4, -0.2) is 14.7 Å². The Labute approximate surface area is 121 Å². The average molecular weight is 372 g/mol. The average Bonchev–Trinajstić information content (AvgIpc) is 2.80. The van der Waals surface area contributed by atoms with Crippen LogP contribution < -0.4 is 0 Å². The van der Waals surface area contributed by atoms with Crippen LogP contribution in [0.5, 0.6) is 0 Å². The van der Waals surface area contributed by atoms with E-state index in [1.54, 1.807) is 0 Å². The zero-order valence-corrected chi connectivity index (χ0v) is 11.3. The molecule has 0 spiro atoms. The van der Waals surface area contributed by atoms with E-state index in [4.69, 9.17) is 0 Å². The second-order valence-corrected chi connectivity index (χ2v) is 4.66. The summed E-state index contributed by atoms with van der Waals surface area (Å²) in [7, 11) is 0. The van der Waals surface area contributed by atoms with Gasteiger partial charge in [0.25, 0.3) is 0 Å². The Balaban J connectivity index is 2.50. The maximum absolute atomic E-state index is 13.4. The number of nitro groups is 1. The highest BCUT2D eigenvalue weighted by Gasteiger charge is 2.27. The third-order valence-electron chi connectivity index (χ3n) is 2.49. The summed E-state index contributed by atoms with van der Waals surface area (Å²) < 4.78 is 66.4. The lowest BCUT2D eigenvalue weighted by molar-refractivity contribution is -0.390. The van der Waals surface area contributed by atoms with Gasteiger partial charge in [0.2, 0.25) is 5.82 Å². The summed E-state index contributed by atoms with van der Waals surface area (Å²) in [4.78, 5) is 9.68. The number of nitrogens with zero attached hydrogens (tertiary/aromatic N) is 3. The second-order valence-electron chi connectivity index (χ2n) is 3.80. The summed E-state index contributed by atoms with van der Waals surface area (Å²) in [5.74, 6) is -11.1. The predicted molar refractivity (Wildman–Crippen MR) is 61.9 cm³/mol.